The molecule has 0 aromatic heterocycles. The van der Waals surface area contributed by atoms with E-state index in [1.54, 1.807) is 23.5 Å². The van der Waals surface area contributed by atoms with Gasteiger partial charge in [-0.25, -0.2) is 4.39 Å². The van der Waals surface area contributed by atoms with Gasteiger partial charge in [0, 0.05) is 19.3 Å². The number of carbonyl (C=O) groups excluding carboxylic acids is 1. The number of nitrogens with two attached hydrogens (primary N) is 1. The van der Waals surface area contributed by atoms with Crippen molar-refractivity contribution in [2.75, 3.05) is 6.54 Å². The maximum atomic E-state index is 13.4. The van der Waals surface area contributed by atoms with Crippen LogP contribution in [0.15, 0.2) is 24.3 Å². The van der Waals surface area contributed by atoms with Gasteiger partial charge in [-0.3, -0.25) is 0 Å². The van der Waals surface area contributed by atoms with Crippen molar-refractivity contribution in [2.24, 2.45) is 0 Å². The Morgan fingerprint density at radius 2 is 2.25 bits per heavy atom. The summed E-state index contributed by atoms with van der Waals surface area (Å²) in [4.78, 5) is 11.2. The van der Waals surface area contributed by atoms with Gasteiger partial charge in [0.1, 0.15) is 17.3 Å². The normalized spacial score (nSPS) is 24.6. The number of aliphatic carboxylic acids is 1. The van der Waals surface area contributed by atoms with E-state index in [9.17, 15) is 14.3 Å². The summed E-state index contributed by atoms with van der Waals surface area (Å²) in [5, 5.41) is 12.9. The van der Waals surface area contributed by atoms with E-state index in [2.05, 4.69) is 0 Å². The van der Waals surface area contributed by atoms with Crippen molar-refractivity contribution in [3.8, 4) is 0 Å². The van der Waals surface area contributed by atoms with Crippen LogP contribution in [0.5, 0.6) is 0 Å². The van der Waals surface area contributed by atoms with Crippen molar-refractivity contribution in [2.45, 2.75) is 24.8 Å². The van der Waals surface area contributed by atoms with Crippen molar-refractivity contribution >= 4 is 5.97 Å². The number of hydrogen-bond acceptors (Lipinski definition) is 2. The van der Waals surface area contributed by atoms with E-state index in [1.165, 1.54) is 6.07 Å². The minimum absolute atomic E-state index is 0.196. The third kappa shape index (κ3) is 1.93. The summed E-state index contributed by atoms with van der Waals surface area (Å²) in [6.07, 6.45) is 1.58. The monoisotopic (exact) mass is 223 g/mol. The molecule has 2 rings (SSSR count). The molecule has 16 heavy (non-hydrogen) atoms. The maximum Gasteiger partial charge on any atom is 0.140 e. The van der Waals surface area contributed by atoms with E-state index in [1.807, 2.05) is 0 Å². The molecule has 1 fully saturated rings. The first-order valence-corrected chi connectivity index (χ1v) is 5.43. The zero-order chi connectivity index (χ0) is 11.6. The lowest BCUT2D eigenvalue weighted by Gasteiger charge is -2.27. The molecule has 0 saturated carbocycles. The third-order valence-electron chi connectivity index (χ3n) is 3.23. The molecule has 2 N–H and O–H groups in total. The second kappa shape index (κ2) is 4.22. The summed E-state index contributed by atoms with van der Waals surface area (Å²) in [5.74, 6) is -1.43. The van der Waals surface area contributed by atoms with Gasteiger partial charge < -0.3 is 15.2 Å². The molecule has 1 aliphatic heterocycles. The van der Waals surface area contributed by atoms with Gasteiger partial charge in [0.25, 0.3) is 0 Å². The minimum atomic E-state index is -1.09. The van der Waals surface area contributed by atoms with Gasteiger partial charge in [0.05, 0.1) is 6.54 Å². The molecule has 0 bridgehead atoms. The highest BCUT2D eigenvalue weighted by molar-refractivity contribution is 5.75. The van der Waals surface area contributed by atoms with Crippen LogP contribution in [-0.4, -0.2) is 18.1 Å². The molecule has 0 aliphatic carbocycles. The molecular formula is C12H14FNO2. The average Bonchev–Trinajstić information content (AvgIpc) is 2.71. The van der Waals surface area contributed by atoms with Gasteiger partial charge in [0.2, 0.25) is 0 Å². The predicted molar refractivity (Wildman–Crippen MR) is 53.9 cm³/mol. The van der Waals surface area contributed by atoms with Gasteiger partial charge in [-0.15, -0.1) is 0 Å². The van der Waals surface area contributed by atoms with Gasteiger partial charge in [-0.05, 0) is 11.6 Å². The van der Waals surface area contributed by atoms with Crippen LogP contribution in [0, 0.1) is 5.82 Å². The number of rotatable bonds is 3. The highest BCUT2D eigenvalue weighted by Crippen LogP contribution is 2.19. The van der Waals surface area contributed by atoms with E-state index in [0.29, 0.717) is 12.0 Å². The smallest absolute Gasteiger partial charge is 0.140 e. The second-order valence-electron chi connectivity index (χ2n) is 4.31. The van der Waals surface area contributed by atoms with Gasteiger partial charge in [-0.2, -0.15) is 0 Å². The van der Waals surface area contributed by atoms with E-state index in [4.69, 9.17) is 0 Å². The highest BCUT2D eigenvalue weighted by Gasteiger charge is 2.40. The molecular weight excluding hydrogens is 209 g/mol. The summed E-state index contributed by atoms with van der Waals surface area (Å²) in [6.45, 7) is 0.766. The summed E-state index contributed by atoms with van der Waals surface area (Å²) < 4.78 is 13.4. The molecule has 0 radical (unpaired) electrons. The van der Waals surface area contributed by atoms with Crippen LogP contribution in [0.3, 0.4) is 0 Å². The van der Waals surface area contributed by atoms with Crippen LogP contribution in [0.25, 0.3) is 0 Å². The number of quaternary nitrogens is 1. The molecule has 1 aromatic rings. The zero-order valence-electron chi connectivity index (χ0n) is 8.91. The number of benzene rings is 1. The molecule has 0 spiro atoms. The van der Waals surface area contributed by atoms with E-state index < -0.39 is 11.5 Å². The first-order valence-electron chi connectivity index (χ1n) is 5.43. The molecule has 86 valence electrons. The van der Waals surface area contributed by atoms with Gasteiger partial charge in [-0.1, -0.05) is 18.2 Å². The Kier molecular flexibility index (Phi) is 2.92. The number of halogens is 1. The lowest BCUT2D eigenvalue weighted by molar-refractivity contribution is -0.700. The summed E-state index contributed by atoms with van der Waals surface area (Å²) in [5.41, 5.74) is -0.521. The van der Waals surface area contributed by atoms with Crippen LogP contribution in [0.4, 0.5) is 4.39 Å². The van der Waals surface area contributed by atoms with Crippen LogP contribution in [-0.2, 0) is 11.2 Å². The van der Waals surface area contributed by atoms with Crippen LogP contribution >= 0.6 is 0 Å². The Labute approximate surface area is 93.3 Å². The van der Waals surface area contributed by atoms with E-state index in [-0.39, 0.29) is 12.2 Å². The topological polar surface area (TPSA) is 56.7 Å². The Balaban J connectivity index is 2.25. The molecule has 0 amide bonds. The number of carbonyl (C=O) groups is 1. The van der Waals surface area contributed by atoms with Crippen molar-refractivity contribution in [3.05, 3.63) is 35.6 Å². The Morgan fingerprint density at radius 3 is 2.81 bits per heavy atom. The standard InChI is InChI=1S/C12H14FNO2/c13-10-5-2-1-4-9(10)8-12(11(15)16)6-3-7-14-12/h1-2,4-5,14H,3,6-8H2,(H,15,16)/t12-/m1/s1. The number of hydrogen-bond donors (Lipinski definition) is 1. The molecule has 1 heterocycles. The fraction of sp³-hybridized carbons (Fsp3) is 0.417. The van der Waals surface area contributed by atoms with Crippen molar-refractivity contribution in [3.63, 3.8) is 0 Å². The Hall–Kier alpha value is -1.42. The molecule has 3 nitrogen and oxygen atoms in total. The third-order valence-corrected chi connectivity index (χ3v) is 3.23. The lowest BCUT2D eigenvalue weighted by atomic mass is 9.89. The molecule has 1 saturated heterocycles. The molecule has 4 heteroatoms. The SMILES string of the molecule is O=C([O-])[C@]1(Cc2ccccc2F)CCC[NH2+]1. The first-order chi connectivity index (χ1) is 7.64. The van der Waals surface area contributed by atoms with Crippen molar-refractivity contribution < 1.29 is 19.6 Å². The second-order valence-corrected chi connectivity index (χ2v) is 4.31. The number of carboxylic acid groups (broad SMARTS) is 1. The fourth-order valence-electron chi connectivity index (χ4n) is 2.30. The van der Waals surface area contributed by atoms with E-state index in [0.717, 1.165) is 13.0 Å². The maximum absolute atomic E-state index is 13.4. The zero-order valence-corrected chi connectivity index (χ0v) is 8.91. The Bertz CT molecular complexity index is 400. The summed E-state index contributed by atoms with van der Waals surface area (Å²) >= 11 is 0. The predicted octanol–water partition coefficient (Wildman–Crippen LogP) is -0.786. The molecule has 1 atom stereocenters. The first kappa shape index (κ1) is 11.1. The average molecular weight is 223 g/mol. The van der Waals surface area contributed by atoms with Crippen molar-refractivity contribution in [1.29, 1.82) is 0 Å². The fourth-order valence-corrected chi connectivity index (χ4v) is 2.30. The van der Waals surface area contributed by atoms with Crippen LogP contribution in [0.1, 0.15) is 18.4 Å². The highest BCUT2D eigenvalue weighted by atomic mass is 19.1. The molecule has 1 aromatic carbocycles. The largest absolute Gasteiger partial charge is 0.544 e. The molecule has 0 unspecified atom stereocenters. The summed E-state index contributed by atoms with van der Waals surface area (Å²) in [7, 11) is 0. The van der Waals surface area contributed by atoms with Gasteiger partial charge in [0.15, 0.2) is 0 Å². The quantitative estimate of drug-likeness (QED) is 0.730. The molecule has 1 aliphatic rings. The Morgan fingerprint density at radius 1 is 1.50 bits per heavy atom. The number of carboxylic acids is 1. The van der Waals surface area contributed by atoms with Crippen LogP contribution < -0.4 is 10.4 Å². The van der Waals surface area contributed by atoms with Crippen molar-refractivity contribution in [1.82, 2.24) is 0 Å². The lowest BCUT2D eigenvalue weighted by Crippen LogP contribution is -2.97. The summed E-state index contributed by atoms with van der Waals surface area (Å²) in [6, 6.07) is 6.30. The van der Waals surface area contributed by atoms with Gasteiger partial charge >= 0.3 is 0 Å². The van der Waals surface area contributed by atoms with E-state index >= 15 is 0 Å². The van der Waals surface area contributed by atoms with Crippen LogP contribution in [0.2, 0.25) is 0 Å². The minimum Gasteiger partial charge on any atom is -0.544 e.